The lowest BCUT2D eigenvalue weighted by atomic mass is 10.2. The van der Waals surface area contributed by atoms with E-state index in [1.165, 1.54) is 24.3 Å². The van der Waals surface area contributed by atoms with Crippen molar-refractivity contribution in [3.8, 4) is 5.75 Å². The van der Waals surface area contributed by atoms with E-state index in [1.807, 2.05) is 6.92 Å². The van der Waals surface area contributed by atoms with Gasteiger partial charge in [0.2, 0.25) is 0 Å². The molecule has 19 heavy (non-hydrogen) atoms. The van der Waals surface area contributed by atoms with E-state index in [1.54, 1.807) is 18.2 Å². The van der Waals surface area contributed by atoms with Crippen molar-refractivity contribution >= 4 is 37.6 Å². The summed E-state index contributed by atoms with van der Waals surface area (Å²) in [6, 6.07) is 11.0. The van der Waals surface area contributed by atoms with Crippen molar-refractivity contribution in [2.75, 3.05) is 0 Å². The minimum Gasteiger partial charge on any atom is -0.379 e. The molecule has 0 saturated carbocycles. The van der Waals surface area contributed by atoms with Gasteiger partial charge in [0, 0.05) is 10.5 Å². The molecule has 0 unspecified atom stereocenters. The average molecular weight is 362 g/mol. The van der Waals surface area contributed by atoms with Gasteiger partial charge in [0.15, 0.2) is 0 Å². The van der Waals surface area contributed by atoms with Crippen LogP contribution in [0.25, 0.3) is 0 Å². The SMILES string of the molecule is Cc1ccc(S(=O)(=O)Oc2ccc(Br)c(Cl)c2)cc1. The van der Waals surface area contributed by atoms with Crippen LogP contribution in [0.5, 0.6) is 5.75 Å². The lowest BCUT2D eigenvalue weighted by molar-refractivity contribution is 0.486. The maximum Gasteiger partial charge on any atom is 0.339 e. The summed E-state index contributed by atoms with van der Waals surface area (Å²) in [5.41, 5.74) is 0.977. The molecule has 0 N–H and O–H groups in total. The first-order valence-electron chi connectivity index (χ1n) is 5.35. The Morgan fingerprint density at radius 1 is 1.11 bits per heavy atom. The first-order valence-corrected chi connectivity index (χ1v) is 7.92. The van der Waals surface area contributed by atoms with Crippen LogP contribution in [0.2, 0.25) is 5.02 Å². The van der Waals surface area contributed by atoms with Crippen LogP contribution in [0.15, 0.2) is 51.8 Å². The summed E-state index contributed by atoms with van der Waals surface area (Å²) in [5.74, 6) is 0.175. The van der Waals surface area contributed by atoms with E-state index < -0.39 is 10.1 Å². The van der Waals surface area contributed by atoms with Gasteiger partial charge < -0.3 is 4.18 Å². The van der Waals surface area contributed by atoms with Crippen LogP contribution in [-0.4, -0.2) is 8.42 Å². The summed E-state index contributed by atoms with van der Waals surface area (Å²) in [7, 11) is -3.83. The quantitative estimate of drug-likeness (QED) is 0.770. The van der Waals surface area contributed by atoms with Crippen LogP contribution in [0.3, 0.4) is 0 Å². The van der Waals surface area contributed by atoms with Gasteiger partial charge in [-0.25, -0.2) is 0 Å². The Labute approximate surface area is 125 Å². The fourth-order valence-corrected chi connectivity index (χ4v) is 2.75. The van der Waals surface area contributed by atoms with E-state index >= 15 is 0 Å². The third-order valence-corrected chi connectivity index (χ3v) is 4.90. The molecule has 0 atom stereocenters. The Balaban J connectivity index is 2.30. The zero-order valence-electron chi connectivity index (χ0n) is 9.93. The van der Waals surface area contributed by atoms with Crippen molar-refractivity contribution in [1.29, 1.82) is 0 Å². The molecule has 0 aliphatic heterocycles. The Bertz CT molecular complexity index is 696. The first-order chi connectivity index (χ1) is 8.88. The highest BCUT2D eigenvalue weighted by Gasteiger charge is 2.16. The fourth-order valence-electron chi connectivity index (χ4n) is 1.41. The minimum atomic E-state index is -3.83. The topological polar surface area (TPSA) is 43.4 Å². The summed E-state index contributed by atoms with van der Waals surface area (Å²) in [5, 5.41) is 0.386. The summed E-state index contributed by atoms with van der Waals surface area (Å²) < 4.78 is 29.8. The number of hydrogen-bond donors (Lipinski definition) is 0. The Hall–Kier alpha value is -1.04. The smallest absolute Gasteiger partial charge is 0.339 e. The van der Waals surface area contributed by atoms with Gasteiger partial charge in [-0.1, -0.05) is 29.3 Å². The van der Waals surface area contributed by atoms with Gasteiger partial charge in [0.1, 0.15) is 10.6 Å². The van der Waals surface area contributed by atoms with Crippen LogP contribution in [-0.2, 0) is 10.1 Å². The highest BCUT2D eigenvalue weighted by molar-refractivity contribution is 9.10. The van der Waals surface area contributed by atoms with E-state index in [2.05, 4.69) is 15.9 Å². The molecule has 2 rings (SSSR count). The zero-order valence-corrected chi connectivity index (χ0v) is 13.1. The van der Waals surface area contributed by atoms with Crippen LogP contribution in [0.4, 0.5) is 0 Å². The fraction of sp³-hybridized carbons (Fsp3) is 0.0769. The molecule has 0 aliphatic rings. The van der Waals surface area contributed by atoms with Crippen molar-refractivity contribution in [2.45, 2.75) is 11.8 Å². The third-order valence-electron chi connectivity index (χ3n) is 2.41. The average Bonchev–Trinajstić information content (AvgIpc) is 2.34. The lowest BCUT2D eigenvalue weighted by Crippen LogP contribution is -2.09. The minimum absolute atomic E-state index is 0.108. The highest BCUT2D eigenvalue weighted by Crippen LogP contribution is 2.28. The summed E-state index contributed by atoms with van der Waals surface area (Å²) in [6.07, 6.45) is 0. The maximum absolute atomic E-state index is 12.0. The van der Waals surface area contributed by atoms with E-state index in [4.69, 9.17) is 15.8 Å². The van der Waals surface area contributed by atoms with Crippen molar-refractivity contribution in [1.82, 2.24) is 0 Å². The van der Waals surface area contributed by atoms with Gasteiger partial charge in [0.25, 0.3) is 0 Å². The summed E-state index contributed by atoms with van der Waals surface area (Å²) >= 11 is 9.11. The second kappa shape index (κ2) is 5.53. The molecule has 0 bridgehead atoms. The predicted octanol–water partition coefficient (Wildman–Crippen LogP) is 4.18. The Kier molecular flexibility index (Phi) is 4.18. The van der Waals surface area contributed by atoms with Gasteiger partial charge in [0.05, 0.1) is 5.02 Å². The van der Waals surface area contributed by atoms with Crippen molar-refractivity contribution < 1.29 is 12.6 Å². The molecule has 0 spiro atoms. The zero-order chi connectivity index (χ0) is 14.0. The largest absolute Gasteiger partial charge is 0.379 e. The van der Waals surface area contributed by atoms with Gasteiger partial charge in [-0.15, -0.1) is 0 Å². The van der Waals surface area contributed by atoms with E-state index in [0.29, 0.717) is 9.50 Å². The number of rotatable bonds is 3. The second-order valence-electron chi connectivity index (χ2n) is 3.93. The molecule has 0 amide bonds. The molecule has 2 aromatic rings. The van der Waals surface area contributed by atoms with E-state index in [-0.39, 0.29) is 10.6 Å². The highest BCUT2D eigenvalue weighted by atomic mass is 79.9. The number of benzene rings is 2. The normalized spacial score (nSPS) is 11.3. The maximum atomic E-state index is 12.0. The monoisotopic (exact) mass is 360 g/mol. The van der Waals surface area contributed by atoms with Crippen molar-refractivity contribution in [2.24, 2.45) is 0 Å². The third kappa shape index (κ3) is 3.49. The molecule has 0 aromatic heterocycles. The summed E-state index contributed by atoms with van der Waals surface area (Å²) in [4.78, 5) is 0.108. The Morgan fingerprint density at radius 2 is 1.74 bits per heavy atom. The molecule has 3 nitrogen and oxygen atoms in total. The molecule has 0 radical (unpaired) electrons. The molecular weight excluding hydrogens is 352 g/mol. The van der Waals surface area contributed by atoms with E-state index in [0.717, 1.165) is 5.56 Å². The number of hydrogen-bond acceptors (Lipinski definition) is 3. The first kappa shape index (κ1) is 14.4. The second-order valence-corrected chi connectivity index (χ2v) is 6.73. The number of aryl methyl sites for hydroxylation is 1. The molecular formula is C13H10BrClO3S. The number of halogens is 2. The van der Waals surface area contributed by atoms with Crippen molar-refractivity contribution in [3.05, 3.63) is 57.5 Å². The standard InChI is InChI=1S/C13H10BrClO3S/c1-9-2-5-11(6-3-9)19(16,17)18-10-4-7-12(14)13(15)8-10/h2-8H,1H3. The Morgan fingerprint density at radius 3 is 2.32 bits per heavy atom. The van der Waals surface area contributed by atoms with Crippen LogP contribution >= 0.6 is 27.5 Å². The van der Waals surface area contributed by atoms with Crippen LogP contribution in [0.1, 0.15) is 5.56 Å². The molecule has 0 aliphatic carbocycles. The van der Waals surface area contributed by atoms with Gasteiger partial charge in [-0.3, -0.25) is 0 Å². The van der Waals surface area contributed by atoms with Crippen molar-refractivity contribution in [3.63, 3.8) is 0 Å². The van der Waals surface area contributed by atoms with Gasteiger partial charge in [-0.05, 0) is 47.1 Å². The predicted molar refractivity (Wildman–Crippen MR) is 78.1 cm³/mol. The summed E-state index contributed by atoms with van der Waals surface area (Å²) in [6.45, 7) is 1.88. The van der Waals surface area contributed by atoms with Crippen LogP contribution < -0.4 is 4.18 Å². The van der Waals surface area contributed by atoms with Crippen LogP contribution in [0, 0.1) is 6.92 Å². The molecule has 6 heteroatoms. The molecule has 0 fully saturated rings. The van der Waals surface area contributed by atoms with Gasteiger partial charge >= 0.3 is 10.1 Å². The van der Waals surface area contributed by atoms with Gasteiger partial charge in [-0.2, -0.15) is 8.42 Å². The molecule has 2 aromatic carbocycles. The molecule has 0 saturated heterocycles. The molecule has 0 heterocycles. The van der Waals surface area contributed by atoms with E-state index in [9.17, 15) is 8.42 Å². The molecule has 100 valence electrons. The lowest BCUT2D eigenvalue weighted by Gasteiger charge is -2.08.